The highest BCUT2D eigenvalue weighted by atomic mass is 35.5. The van der Waals surface area contributed by atoms with Gasteiger partial charge in [-0.1, -0.05) is 163 Å². The number of hydrogen-bond donors (Lipinski definition) is 0. The van der Waals surface area contributed by atoms with E-state index in [-0.39, 0.29) is 0 Å². The van der Waals surface area contributed by atoms with Crippen molar-refractivity contribution in [2.24, 2.45) is 5.92 Å². The molecule has 0 aliphatic heterocycles. The smallest absolute Gasteiger partial charge is 0.0466 e. The minimum absolute atomic E-state index is 0.323. The Morgan fingerprint density at radius 3 is 1.53 bits per heavy atom. The van der Waals surface area contributed by atoms with Crippen molar-refractivity contribution >= 4 is 28.8 Å². The normalized spacial score (nSPS) is 16.4. The summed E-state index contributed by atoms with van der Waals surface area (Å²) in [6, 6.07) is 49.7. The molecule has 0 saturated heterocycles. The molecule has 230 valence electrons. The van der Waals surface area contributed by atoms with Gasteiger partial charge in [0.25, 0.3) is 0 Å². The monoisotopic (exact) mass is 626 g/mol. The van der Waals surface area contributed by atoms with Crippen molar-refractivity contribution in [2.75, 3.05) is 0 Å². The molecule has 0 aromatic heterocycles. The summed E-state index contributed by atoms with van der Waals surface area (Å²) in [5.41, 5.74) is 14.0. The van der Waals surface area contributed by atoms with Gasteiger partial charge in [0.15, 0.2) is 0 Å². The minimum Gasteiger partial charge on any atom is -0.0838 e. The summed E-state index contributed by atoms with van der Waals surface area (Å²) in [5, 5.41) is 0.922. The second kappa shape index (κ2) is 14.7. The molecule has 0 saturated carbocycles. The molecule has 0 amide bonds. The second-order valence-electron chi connectivity index (χ2n) is 12.5. The first-order chi connectivity index (χ1) is 23.2. The lowest BCUT2D eigenvalue weighted by Gasteiger charge is -2.22. The van der Waals surface area contributed by atoms with Gasteiger partial charge in [-0.05, 0) is 117 Å². The van der Waals surface area contributed by atoms with Crippen molar-refractivity contribution in [1.82, 2.24) is 0 Å². The molecule has 2 aliphatic rings. The molecule has 0 bridgehead atoms. The SMILES string of the molecule is ClC1=C(/C=C\c2cc(-c3ccccc3)cc(-c3ccccc3)c2)CCC/C1=C\CC1C=C(c2ccccc2)CC(c2ccccc2)=C1. The molecule has 0 N–H and O–H groups in total. The summed E-state index contributed by atoms with van der Waals surface area (Å²) in [4.78, 5) is 0. The zero-order valence-corrected chi connectivity index (χ0v) is 27.4. The fraction of sp³-hybridized carbons (Fsp3) is 0.130. The maximum Gasteiger partial charge on any atom is 0.0466 e. The van der Waals surface area contributed by atoms with E-state index in [1.165, 1.54) is 61.2 Å². The number of allylic oxidation sites excluding steroid dienone is 9. The first-order valence-electron chi connectivity index (χ1n) is 16.7. The maximum absolute atomic E-state index is 7.17. The van der Waals surface area contributed by atoms with Crippen LogP contribution < -0.4 is 0 Å². The van der Waals surface area contributed by atoms with Crippen LogP contribution in [0, 0.1) is 5.92 Å². The largest absolute Gasteiger partial charge is 0.0838 e. The Morgan fingerprint density at radius 1 is 0.532 bits per heavy atom. The van der Waals surface area contributed by atoms with E-state index < -0.39 is 0 Å². The van der Waals surface area contributed by atoms with Gasteiger partial charge < -0.3 is 0 Å². The van der Waals surface area contributed by atoms with Gasteiger partial charge in [-0.2, -0.15) is 0 Å². The molecule has 0 spiro atoms. The van der Waals surface area contributed by atoms with Crippen LogP contribution in [0.2, 0.25) is 0 Å². The van der Waals surface area contributed by atoms with Crippen molar-refractivity contribution in [3.63, 3.8) is 0 Å². The van der Waals surface area contributed by atoms with Gasteiger partial charge in [0.1, 0.15) is 0 Å². The first kappa shape index (κ1) is 30.7. The van der Waals surface area contributed by atoms with Gasteiger partial charge in [0.05, 0.1) is 0 Å². The number of hydrogen-bond acceptors (Lipinski definition) is 0. The average molecular weight is 627 g/mol. The van der Waals surface area contributed by atoms with Crippen LogP contribution in [-0.4, -0.2) is 0 Å². The van der Waals surface area contributed by atoms with Crippen LogP contribution >= 0.6 is 11.6 Å². The lowest BCUT2D eigenvalue weighted by atomic mass is 9.83. The van der Waals surface area contributed by atoms with Gasteiger partial charge >= 0.3 is 0 Å². The van der Waals surface area contributed by atoms with Crippen molar-refractivity contribution in [1.29, 1.82) is 0 Å². The number of halogens is 1. The van der Waals surface area contributed by atoms with Crippen LogP contribution in [0.3, 0.4) is 0 Å². The molecule has 0 nitrogen and oxygen atoms in total. The zero-order chi connectivity index (χ0) is 31.8. The molecule has 2 aliphatic carbocycles. The molecule has 5 aromatic carbocycles. The van der Waals surface area contributed by atoms with Gasteiger partial charge in [-0.25, -0.2) is 0 Å². The summed E-state index contributed by atoms with van der Waals surface area (Å²) in [7, 11) is 0. The van der Waals surface area contributed by atoms with E-state index in [1.54, 1.807) is 0 Å². The predicted molar refractivity (Wildman–Crippen MR) is 203 cm³/mol. The van der Waals surface area contributed by atoms with Crippen LogP contribution in [0.5, 0.6) is 0 Å². The molecule has 0 unspecified atom stereocenters. The van der Waals surface area contributed by atoms with Crippen molar-refractivity contribution in [2.45, 2.75) is 32.1 Å². The molecular formula is C46H39Cl. The topological polar surface area (TPSA) is 0 Å². The van der Waals surface area contributed by atoms with Crippen LogP contribution in [0.25, 0.3) is 39.5 Å². The Hall–Kier alpha value is -4.91. The summed E-state index contributed by atoms with van der Waals surface area (Å²) in [5.74, 6) is 0.323. The Balaban J connectivity index is 1.16. The van der Waals surface area contributed by atoms with Gasteiger partial charge in [-0.3, -0.25) is 0 Å². The van der Waals surface area contributed by atoms with Crippen LogP contribution in [0.1, 0.15) is 48.8 Å². The highest BCUT2D eigenvalue weighted by Gasteiger charge is 2.18. The van der Waals surface area contributed by atoms with E-state index in [2.05, 4.69) is 170 Å². The number of benzene rings is 5. The third kappa shape index (κ3) is 7.57. The van der Waals surface area contributed by atoms with E-state index in [4.69, 9.17) is 11.6 Å². The van der Waals surface area contributed by atoms with Crippen LogP contribution in [-0.2, 0) is 0 Å². The van der Waals surface area contributed by atoms with Gasteiger partial charge in [-0.15, -0.1) is 0 Å². The van der Waals surface area contributed by atoms with E-state index in [9.17, 15) is 0 Å². The molecule has 1 heteroatoms. The van der Waals surface area contributed by atoms with Crippen molar-refractivity contribution in [3.05, 3.63) is 197 Å². The summed E-state index contributed by atoms with van der Waals surface area (Å²) in [6.07, 6.45) is 16.8. The Morgan fingerprint density at radius 2 is 1.02 bits per heavy atom. The maximum atomic E-state index is 7.17. The molecule has 5 aromatic rings. The van der Waals surface area contributed by atoms with E-state index in [0.29, 0.717) is 5.92 Å². The average Bonchev–Trinajstić information content (AvgIpc) is 3.15. The molecule has 7 rings (SSSR count). The van der Waals surface area contributed by atoms with Gasteiger partial charge in [0.2, 0.25) is 0 Å². The summed E-state index contributed by atoms with van der Waals surface area (Å²) < 4.78 is 0. The molecular weight excluding hydrogens is 588 g/mol. The predicted octanol–water partition coefficient (Wildman–Crippen LogP) is 13.2. The Bertz CT molecular complexity index is 1860. The highest BCUT2D eigenvalue weighted by Crippen LogP contribution is 2.38. The van der Waals surface area contributed by atoms with Crippen LogP contribution in [0.4, 0.5) is 0 Å². The fourth-order valence-corrected chi connectivity index (χ4v) is 7.11. The summed E-state index contributed by atoms with van der Waals surface area (Å²) in [6.45, 7) is 0. The van der Waals surface area contributed by atoms with E-state index >= 15 is 0 Å². The zero-order valence-electron chi connectivity index (χ0n) is 26.7. The second-order valence-corrected chi connectivity index (χ2v) is 12.9. The minimum atomic E-state index is 0.323. The number of rotatable bonds is 8. The Kier molecular flexibility index (Phi) is 9.59. The quantitative estimate of drug-likeness (QED) is 0.161. The first-order valence-corrected chi connectivity index (χ1v) is 17.1. The summed E-state index contributed by atoms with van der Waals surface area (Å²) >= 11 is 7.17. The molecule has 0 fully saturated rings. The Labute approximate surface area is 284 Å². The molecule has 0 radical (unpaired) electrons. The molecule has 0 atom stereocenters. The lowest BCUT2D eigenvalue weighted by Crippen LogP contribution is -2.04. The third-order valence-electron chi connectivity index (χ3n) is 9.24. The molecule has 0 heterocycles. The standard InChI is InChI=1S/C46H39Cl/c47-46-40(26-24-34-28-42(36-14-5-1-6-15-36)32-43(29-34)37-16-7-2-8-17-37)22-13-23-41(46)27-25-35-30-44(38-18-9-3-10-19-38)33-45(31-35)39-20-11-4-12-21-39/h1-12,14-21,24,26-32,35H,13,22-23,25,33H2/b26-24-,41-27+. The van der Waals surface area contributed by atoms with E-state index in [0.717, 1.165) is 37.1 Å². The fourth-order valence-electron chi connectivity index (χ4n) is 6.79. The molecule has 47 heavy (non-hydrogen) atoms. The van der Waals surface area contributed by atoms with E-state index in [1.807, 2.05) is 0 Å². The lowest BCUT2D eigenvalue weighted by molar-refractivity contribution is 0.769. The van der Waals surface area contributed by atoms with Crippen molar-refractivity contribution in [3.8, 4) is 22.3 Å². The third-order valence-corrected chi connectivity index (χ3v) is 9.73. The van der Waals surface area contributed by atoms with Gasteiger partial charge in [0, 0.05) is 5.03 Å². The van der Waals surface area contributed by atoms with Crippen molar-refractivity contribution < 1.29 is 0 Å². The highest BCUT2D eigenvalue weighted by molar-refractivity contribution is 6.32. The van der Waals surface area contributed by atoms with Crippen LogP contribution in [0.15, 0.2) is 180 Å².